The minimum atomic E-state index is -4.95. The zero-order valence-electron chi connectivity index (χ0n) is 56.0. The molecule has 2 atom stereocenters. The van der Waals surface area contributed by atoms with Gasteiger partial charge in [-0.1, -0.05) is 127 Å². The number of halogens is 2. The highest BCUT2D eigenvalue weighted by atomic mass is 32.2. The van der Waals surface area contributed by atoms with Crippen LogP contribution in [-0.4, -0.2) is 132 Å². The highest BCUT2D eigenvalue weighted by Crippen LogP contribution is 2.36. The van der Waals surface area contributed by atoms with E-state index in [1.807, 2.05) is 95.1 Å². The van der Waals surface area contributed by atoms with Crippen LogP contribution in [-0.2, 0) is 50.1 Å². The second-order valence-corrected chi connectivity index (χ2v) is 30.0. The summed E-state index contributed by atoms with van der Waals surface area (Å²) in [6, 6.07) is 51.5. The van der Waals surface area contributed by atoms with E-state index in [0.717, 1.165) is 125 Å². The van der Waals surface area contributed by atoms with Crippen molar-refractivity contribution in [2.24, 2.45) is 0 Å². The van der Waals surface area contributed by atoms with Crippen LogP contribution in [0.5, 0.6) is 0 Å². The van der Waals surface area contributed by atoms with Gasteiger partial charge in [0.1, 0.15) is 23.6 Å². The number of fused-ring (bicyclic) bond motifs is 3. The van der Waals surface area contributed by atoms with Gasteiger partial charge >= 0.3 is 5.76 Å². The number of sulfone groups is 1. The smallest absolute Gasteiger partial charge is 0.341 e. The summed E-state index contributed by atoms with van der Waals surface area (Å²) in [4.78, 5) is 86.2. The van der Waals surface area contributed by atoms with Crippen LogP contribution in [0.2, 0.25) is 0 Å². The highest BCUT2D eigenvalue weighted by Gasteiger charge is 2.32. The van der Waals surface area contributed by atoms with Crippen LogP contribution in [0.3, 0.4) is 0 Å². The summed E-state index contributed by atoms with van der Waals surface area (Å²) in [5, 5.41) is 17.9. The summed E-state index contributed by atoms with van der Waals surface area (Å²) < 4.78 is 66.3. The molecule has 2 fully saturated rings. The van der Waals surface area contributed by atoms with E-state index in [1.54, 1.807) is 59.6 Å². The number of thiazole rings is 1. The topological polar surface area (TPSA) is 248 Å². The zero-order chi connectivity index (χ0) is 71.7. The Morgan fingerprint density at radius 1 is 0.775 bits per heavy atom. The molecule has 5 amide bonds. The van der Waals surface area contributed by atoms with Gasteiger partial charge in [-0.05, 0) is 127 Å². The van der Waals surface area contributed by atoms with Crippen molar-refractivity contribution in [2.75, 3.05) is 67.3 Å². The molecule has 528 valence electrons. The van der Waals surface area contributed by atoms with Gasteiger partial charge in [0.05, 0.1) is 27.6 Å². The molecule has 0 bridgehead atoms. The number of nitrogens with one attached hydrogen (secondary N) is 3. The number of benzene rings is 6. The second kappa shape index (κ2) is 34.7. The van der Waals surface area contributed by atoms with E-state index in [4.69, 9.17) is 9.15 Å². The molecule has 102 heavy (non-hydrogen) atoms. The normalized spacial score (nSPS) is 15.0. The van der Waals surface area contributed by atoms with E-state index in [0.29, 0.717) is 63.0 Å². The van der Waals surface area contributed by atoms with Gasteiger partial charge in [-0.15, -0.1) is 27.8 Å². The summed E-state index contributed by atoms with van der Waals surface area (Å²) in [5.74, 6) is -3.45. The first-order chi connectivity index (χ1) is 49.5. The third kappa shape index (κ3) is 18.3. The van der Waals surface area contributed by atoms with Crippen LogP contribution in [0.1, 0.15) is 105 Å². The average molecular weight is 1470 g/mol. The zero-order valence-corrected chi connectivity index (χ0v) is 60.1. The average Bonchev–Trinajstić information content (AvgIpc) is 1.13. The molecule has 20 nitrogen and oxygen atoms in total. The molecule has 11 aromatic rings. The number of ketones is 1. The number of methoxy groups -OCH3 is 1. The molecule has 0 spiro atoms. The van der Waals surface area contributed by atoms with Crippen molar-refractivity contribution in [2.45, 2.75) is 81.0 Å². The second-order valence-electron chi connectivity index (χ2n) is 24.0. The number of para-hydroxylation sites is 2. The Labute approximate surface area is 605 Å². The molecule has 3 aliphatic heterocycles. The molecule has 0 radical (unpaired) electrons. The molecular weight excluding hydrogens is 1400 g/mol. The number of ether oxygens (including phenoxy) is 1. The largest absolute Gasteiger partial charge is 0.451 e. The monoisotopic (exact) mass is 1470 g/mol. The molecule has 3 N–H and O–H groups in total. The lowest BCUT2D eigenvalue weighted by atomic mass is 10.0. The fourth-order valence-corrected chi connectivity index (χ4v) is 16.3. The van der Waals surface area contributed by atoms with Crippen LogP contribution in [0, 0.1) is 6.92 Å². The summed E-state index contributed by atoms with van der Waals surface area (Å²) >= 11 is 6.06. The van der Waals surface area contributed by atoms with Crippen molar-refractivity contribution in [3.05, 3.63) is 242 Å². The summed E-state index contributed by atoms with van der Waals surface area (Å²) in [6.07, 6.45) is 8.20. The lowest BCUT2D eigenvalue weighted by Crippen LogP contribution is -2.37. The number of furan rings is 1. The molecule has 27 heteroatoms. The number of rotatable bonds is 18. The quantitative estimate of drug-likeness (QED) is 0.0676. The van der Waals surface area contributed by atoms with Gasteiger partial charge in [0.2, 0.25) is 21.5 Å². The maximum Gasteiger partial charge on any atom is 0.341 e. The van der Waals surface area contributed by atoms with E-state index >= 15 is 0 Å². The predicted octanol–water partition coefficient (Wildman–Crippen LogP) is 13.7. The molecule has 5 aromatic heterocycles. The van der Waals surface area contributed by atoms with Crippen molar-refractivity contribution in [1.82, 2.24) is 34.7 Å². The maximum absolute atomic E-state index is 13.0. The minimum Gasteiger partial charge on any atom is -0.451 e. The van der Waals surface area contributed by atoms with Gasteiger partial charge in [0.15, 0.2) is 10.9 Å². The number of hydrogen-bond acceptors (Lipinski definition) is 18. The van der Waals surface area contributed by atoms with Gasteiger partial charge < -0.3 is 44.4 Å². The summed E-state index contributed by atoms with van der Waals surface area (Å²) in [6.45, 7) is 8.44. The van der Waals surface area contributed by atoms with Crippen molar-refractivity contribution in [1.29, 1.82) is 0 Å². The predicted molar refractivity (Wildman–Crippen MR) is 397 cm³/mol. The van der Waals surface area contributed by atoms with Gasteiger partial charge in [-0.25, -0.2) is 13.4 Å². The van der Waals surface area contributed by atoms with E-state index in [2.05, 4.69) is 95.4 Å². The first-order valence-electron chi connectivity index (χ1n) is 33.0. The Hall–Kier alpha value is -9.77. The van der Waals surface area contributed by atoms with Gasteiger partial charge in [-0.2, -0.15) is 20.5 Å². The molecule has 6 aromatic carbocycles. The Morgan fingerprint density at radius 2 is 1.54 bits per heavy atom. The number of anilines is 3. The van der Waals surface area contributed by atoms with Crippen molar-refractivity contribution < 1.29 is 55.1 Å². The number of aromatic nitrogens is 4. The number of nitrogens with zero attached hydrogens (tertiary/aromatic N) is 7. The molecule has 2 saturated heterocycles. The maximum atomic E-state index is 13.0. The summed E-state index contributed by atoms with van der Waals surface area (Å²) in [7, 11) is -3.53. The van der Waals surface area contributed by atoms with Crippen molar-refractivity contribution >= 4 is 130 Å². The van der Waals surface area contributed by atoms with Crippen LogP contribution in [0.15, 0.2) is 197 Å². The lowest BCUT2D eigenvalue weighted by Gasteiger charge is -2.30. The number of thioether (sulfide) groups is 1. The van der Waals surface area contributed by atoms with E-state index < -0.39 is 26.4 Å². The van der Waals surface area contributed by atoms with Crippen LogP contribution < -0.4 is 25.8 Å². The SMILES string of the molecule is CCc1cccc2cc(C(=O)NC3CCN(c4nccs4)C3)oc12.COCC(=O)N1CCCc2ccc(NC(=O)c3ccccc3S(=O)(=O)C(F)F)cc21.Cc1nnsc1C(=O)NCc1ccc(C(=O)c2ccccc2)s1.O=C(Cn1ccc2ccccc21)N1CCSC(c2ccccc2)CC1. The number of aryl methyl sites for hydroxylation is 3. The molecule has 14 rings (SSSR count). The van der Waals surface area contributed by atoms with Crippen molar-refractivity contribution in [3.8, 4) is 0 Å². The number of alkyl halides is 2. The Bertz CT molecular complexity index is 4840. The molecular formula is C75H74F2N10O10S5. The molecule has 0 saturated carbocycles. The third-order valence-electron chi connectivity index (χ3n) is 17.2. The van der Waals surface area contributed by atoms with Crippen LogP contribution in [0.4, 0.5) is 25.3 Å². The highest BCUT2D eigenvalue weighted by molar-refractivity contribution is 7.99. The molecule has 0 aliphatic carbocycles. The van der Waals surface area contributed by atoms with E-state index in [1.165, 1.54) is 41.5 Å². The molecule has 8 heterocycles. The third-order valence-corrected chi connectivity index (χ3v) is 22.7. The van der Waals surface area contributed by atoms with E-state index in [-0.39, 0.29) is 47.6 Å². The number of thiophene rings is 1. The molecule has 2 unspecified atom stereocenters. The lowest BCUT2D eigenvalue weighted by molar-refractivity contribution is -0.131. The van der Waals surface area contributed by atoms with Gasteiger partial charge in [0, 0.05) is 107 Å². The standard InChI is InChI=1S/C21H22N2OS.C20H20F2N2O5S.C18H19N3O2S.C16H13N3O2S2/c24-21(16-23-12-10-17-6-4-5-9-19(17)23)22-13-11-20(25-15-14-22)18-7-2-1-3-8-18;1-29-12-18(25)24-10-4-5-13-8-9-14(11-16(13)24)23-19(26)15-6-2-3-7-17(15)30(27,28)20(21)22;1-2-12-4-3-5-13-10-15(23-16(12)13)17(22)20-14-6-8-21(11-14)18-19-7-9-24-18;1-10-15(23-19-18-10)16(21)17-9-12-7-8-13(22-12)14(20)11-5-3-2-4-6-11/h1-10,12,20H,11,13-16H2;2-3,6-9,11,20H,4-5,10,12H2,1H3,(H,23,26);3-5,7,9-10,14H,2,6,8,11H2,1H3,(H,20,22);2-8H,9H2,1H3,(H,17,21). The van der Waals surface area contributed by atoms with E-state index in [9.17, 15) is 46.0 Å². The number of carbonyl (C=O) groups is 6. The fraction of sp³-hybridized carbons (Fsp3) is 0.267. The number of carbonyl (C=O) groups excluding carboxylic acids is 6. The number of amides is 5. The van der Waals surface area contributed by atoms with Gasteiger partial charge in [-0.3, -0.25) is 28.8 Å². The van der Waals surface area contributed by atoms with Crippen LogP contribution in [0.25, 0.3) is 21.9 Å². The fourth-order valence-electron chi connectivity index (χ4n) is 12.0. The van der Waals surface area contributed by atoms with Gasteiger partial charge in [0.25, 0.3) is 23.6 Å². The summed E-state index contributed by atoms with van der Waals surface area (Å²) in [5.41, 5.74) is 7.19. The number of hydrogen-bond donors (Lipinski definition) is 3. The van der Waals surface area contributed by atoms with Crippen molar-refractivity contribution in [3.63, 3.8) is 0 Å². The van der Waals surface area contributed by atoms with Crippen LogP contribution >= 0.6 is 46.0 Å². The minimum absolute atomic E-state index is 0.00400. The Morgan fingerprint density at radius 3 is 2.29 bits per heavy atom. The molecule has 3 aliphatic rings. The Balaban J connectivity index is 0.000000137. The first kappa shape index (κ1) is 73.4. The first-order valence-corrected chi connectivity index (χ1v) is 38.1. The Kier molecular flexibility index (Phi) is 25.0.